The van der Waals surface area contributed by atoms with Crippen molar-refractivity contribution in [3.63, 3.8) is 0 Å². The van der Waals surface area contributed by atoms with Crippen LogP contribution in [0.25, 0.3) is 0 Å². The summed E-state index contributed by atoms with van der Waals surface area (Å²) in [6, 6.07) is 14.2. The first-order chi connectivity index (χ1) is 19.2. The Kier molecular flexibility index (Phi) is 8.29. The van der Waals surface area contributed by atoms with Crippen LogP contribution in [0.1, 0.15) is 18.4 Å². The number of hydrogen-bond acceptors (Lipinski definition) is 8. The molecule has 0 N–H and O–H groups in total. The molecular formula is C27H30F3N5O5. The number of aryl methyl sites for hydroxylation is 2. The van der Waals surface area contributed by atoms with E-state index in [1.54, 1.807) is 16.7 Å². The normalized spacial score (nSPS) is 17.7. The number of hydrogen-bond donors (Lipinski definition) is 0. The molecule has 13 heteroatoms. The molecule has 1 unspecified atom stereocenters. The second-order valence-corrected chi connectivity index (χ2v) is 9.79. The first kappa shape index (κ1) is 27.6. The van der Waals surface area contributed by atoms with Gasteiger partial charge < -0.3 is 29.2 Å². The Balaban J connectivity index is 1.01. The average molecular weight is 562 g/mol. The van der Waals surface area contributed by atoms with Crippen molar-refractivity contribution >= 4 is 11.5 Å². The first-order valence-corrected chi connectivity index (χ1v) is 13.1. The molecule has 0 amide bonds. The number of aromatic nitrogens is 2. The molecule has 0 spiro atoms. The zero-order valence-corrected chi connectivity index (χ0v) is 21.8. The Labute approximate surface area is 229 Å². The summed E-state index contributed by atoms with van der Waals surface area (Å²) in [6.07, 6.45) is -1.13. The highest BCUT2D eigenvalue weighted by Crippen LogP contribution is 2.26. The summed E-state index contributed by atoms with van der Waals surface area (Å²) in [5.41, 5.74) is 2.11. The second-order valence-electron chi connectivity index (χ2n) is 9.79. The molecule has 2 aromatic carbocycles. The van der Waals surface area contributed by atoms with E-state index in [2.05, 4.69) is 19.5 Å². The standard InChI is InChI=1S/C27H30F3N5O5/c28-27(29,30)40-23-7-3-20(4-8-23)2-1-12-32-14-16-33(17-15-32)21-5-9-22(10-6-21)38-19-24-11-13-34-18-25(35(36)37)31-26(34)39-24/h3-10,18,24H,1-2,11-17,19H2. The van der Waals surface area contributed by atoms with E-state index in [-0.39, 0.29) is 23.7 Å². The van der Waals surface area contributed by atoms with Crippen LogP contribution in [-0.2, 0) is 13.0 Å². The highest BCUT2D eigenvalue weighted by molar-refractivity contribution is 5.49. The van der Waals surface area contributed by atoms with Gasteiger partial charge in [-0.3, -0.25) is 9.47 Å². The van der Waals surface area contributed by atoms with Gasteiger partial charge >= 0.3 is 18.2 Å². The van der Waals surface area contributed by atoms with E-state index in [4.69, 9.17) is 9.47 Å². The number of anilines is 1. The van der Waals surface area contributed by atoms with Crippen LogP contribution in [0.4, 0.5) is 24.7 Å². The lowest BCUT2D eigenvalue weighted by atomic mass is 10.1. The van der Waals surface area contributed by atoms with Crippen LogP contribution in [0.5, 0.6) is 17.5 Å². The second kappa shape index (κ2) is 12.0. The number of halogens is 3. The molecule has 0 aliphatic carbocycles. The van der Waals surface area contributed by atoms with E-state index in [9.17, 15) is 23.3 Å². The molecule has 1 saturated heterocycles. The van der Waals surface area contributed by atoms with Gasteiger partial charge in [0.1, 0.15) is 30.4 Å². The topological polar surface area (TPSA) is 95.1 Å². The van der Waals surface area contributed by atoms with E-state index < -0.39 is 11.3 Å². The molecular weight excluding hydrogens is 531 g/mol. The third kappa shape index (κ3) is 7.34. The predicted molar refractivity (Wildman–Crippen MR) is 140 cm³/mol. The molecule has 40 heavy (non-hydrogen) atoms. The van der Waals surface area contributed by atoms with Crippen molar-refractivity contribution in [2.24, 2.45) is 0 Å². The Morgan fingerprint density at radius 2 is 1.70 bits per heavy atom. The molecule has 1 aromatic heterocycles. The Morgan fingerprint density at radius 3 is 2.38 bits per heavy atom. The Hall–Kier alpha value is -4.00. The fourth-order valence-electron chi connectivity index (χ4n) is 4.87. The van der Waals surface area contributed by atoms with Gasteiger partial charge in [0.05, 0.1) is 0 Å². The van der Waals surface area contributed by atoms with Gasteiger partial charge in [0.2, 0.25) is 0 Å². The van der Waals surface area contributed by atoms with Crippen molar-refractivity contribution < 1.29 is 32.3 Å². The largest absolute Gasteiger partial charge is 0.573 e. The van der Waals surface area contributed by atoms with Gasteiger partial charge in [0, 0.05) is 49.8 Å². The van der Waals surface area contributed by atoms with Crippen molar-refractivity contribution in [3.05, 3.63) is 70.4 Å². The van der Waals surface area contributed by atoms with E-state index in [0.29, 0.717) is 19.6 Å². The van der Waals surface area contributed by atoms with Crippen molar-refractivity contribution in [1.29, 1.82) is 0 Å². The summed E-state index contributed by atoms with van der Waals surface area (Å²) < 4.78 is 54.1. The molecule has 0 radical (unpaired) electrons. The molecule has 2 aliphatic rings. The van der Waals surface area contributed by atoms with Crippen LogP contribution in [0.15, 0.2) is 54.7 Å². The summed E-state index contributed by atoms with van der Waals surface area (Å²) in [5.74, 6) is 0.304. The van der Waals surface area contributed by atoms with Gasteiger partial charge in [-0.25, -0.2) is 0 Å². The van der Waals surface area contributed by atoms with Crippen LogP contribution in [-0.4, -0.2) is 71.2 Å². The lowest BCUT2D eigenvalue weighted by Gasteiger charge is -2.36. The summed E-state index contributed by atoms with van der Waals surface area (Å²) in [6.45, 7) is 5.51. The number of alkyl halides is 3. The maximum absolute atomic E-state index is 12.3. The highest BCUT2D eigenvalue weighted by Gasteiger charge is 2.31. The quantitative estimate of drug-likeness (QED) is 0.260. The van der Waals surface area contributed by atoms with E-state index >= 15 is 0 Å². The monoisotopic (exact) mass is 561 g/mol. The molecule has 0 saturated carbocycles. The smallest absolute Gasteiger partial charge is 0.490 e. The molecule has 0 bridgehead atoms. The minimum atomic E-state index is -4.67. The van der Waals surface area contributed by atoms with E-state index in [1.807, 2.05) is 24.3 Å². The molecule has 1 fully saturated rings. The number of benzene rings is 2. The van der Waals surface area contributed by atoms with Gasteiger partial charge in [-0.15, -0.1) is 13.2 Å². The SMILES string of the molecule is O=[N+]([O-])c1cn2c(n1)OC(COc1ccc(N3CCN(CCCc4ccc(OC(F)(F)F)cc4)CC3)cc1)CC2. The number of piperazine rings is 1. The molecule has 1 atom stereocenters. The van der Waals surface area contributed by atoms with Crippen molar-refractivity contribution in [2.75, 3.05) is 44.2 Å². The maximum atomic E-state index is 12.3. The van der Waals surface area contributed by atoms with Crippen LogP contribution in [0.3, 0.4) is 0 Å². The number of fused-ring (bicyclic) bond motifs is 1. The minimum Gasteiger partial charge on any atom is -0.490 e. The number of nitro groups is 1. The van der Waals surface area contributed by atoms with Crippen LogP contribution >= 0.6 is 0 Å². The van der Waals surface area contributed by atoms with Crippen molar-refractivity contribution in [3.8, 4) is 17.5 Å². The van der Waals surface area contributed by atoms with E-state index in [1.165, 1.54) is 18.3 Å². The lowest BCUT2D eigenvalue weighted by molar-refractivity contribution is -0.389. The van der Waals surface area contributed by atoms with Gasteiger partial charge in [-0.1, -0.05) is 12.1 Å². The van der Waals surface area contributed by atoms with Gasteiger partial charge in [0.15, 0.2) is 0 Å². The molecule has 2 aliphatic heterocycles. The predicted octanol–water partition coefficient (Wildman–Crippen LogP) is 4.67. The molecule has 214 valence electrons. The van der Waals surface area contributed by atoms with Crippen LogP contribution in [0, 0.1) is 10.1 Å². The summed E-state index contributed by atoms with van der Waals surface area (Å²) >= 11 is 0. The third-order valence-electron chi connectivity index (χ3n) is 6.99. The maximum Gasteiger partial charge on any atom is 0.573 e. The number of rotatable bonds is 10. The number of ether oxygens (including phenoxy) is 3. The number of nitrogens with zero attached hydrogens (tertiary/aromatic N) is 5. The third-order valence-corrected chi connectivity index (χ3v) is 6.99. The van der Waals surface area contributed by atoms with Gasteiger partial charge in [-0.05, 0) is 66.3 Å². The Morgan fingerprint density at radius 1 is 1.00 bits per heavy atom. The fraction of sp³-hybridized carbons (Fsp3) is 0.444. The fourth-order valence-corrected chi connectivity index (χ4v) is 4.87. The van der Waals surface area contributed by atoms with Gasteiger partial charge in [0.25, 0.3) is 0 Å². The summed E-state index contributed by atoms with van der Waals surface area (Å²) in [4.78, 5) is 19.0. The van der Waals surface area contributed by atoms with Gasteiger partial charge in [-0.2, -0.15) is 0 Å². The highest BCUT2D eigenvalue weighted by atomic mass is 19.4. The summed E-state index contributed by atoms with van der Waals surface area (Å²) in [5, 5.41) is 10.9. The zero-order valence-electron chi connectivity index (χ0n) is 21.8. The van der Waals surface area contributed by atoms with E-state index in [0.717, 1.165) is 62.6 Å². The Bertz CT molecular complexity index is 1280. The average Bonchev–Trinajstić information content (AvgIpc) is 3.37. The zero-order chi connectivity index (χ0) is 28.1. The minimum absolute atomic E-state index is 0.200. The summed E-state index contributed by atoms with van der Waals surface area (Å²) in [7, 11) is 0. The molecule has 5 rings (SSSR count). The number of imidazole rings is 1. The van der Waals surface area contributed by atoms with Crippen molar-refractivity contribution in [2.45, 2.75) is 38.3 Å². The van der Waals surface area contributed by atoms with Crippen LogP contribution < -0.4 is 19.1 Å². The molecule has 3 aromatic rings. The molecule has 3 heterocycles. The van der Waals surface area contributed by atoms with Crippen LogP contribution in [0.2, 0.25) is 0 Å². The molecule has 10 nitrogen and oxygen atoms in total. The lowest BCUT2D eigenvalue weighted by Crippen LogP contribution is -2.46. The first-order valence-electron chi connectivity index (χ1n) is 13.1. The van der Waals surface area contributed by atoms with Crippen molar-refractivity contribution in [1.82, 2.24) is 14.5 Å².